The van der Waals surface area contributed by atoms with E-state index >= 15 is 0 Å². The summed E-state index contributed by atoms with van der Waals surface area (Å²) in [6.45, 7) is 3.40. The minimum atomic E-state index is -2.20. The molecular weight excluding hydrogens is 156 g/mol. The fraction of sp³-hybridized carbons (Fsp3) is 0.400. The van der Waals surface area contributed by atoms with Gasteiger partial charge in [0.1, 0.15) is 5.66 Å². The van der Waals surface area contributed by atoms with Crippen LogP contribution in [-0.2, 0) is 4.57 Å². The van der Waals surface area contributed by atoms with Gasteiger partial charge in [0.25, 0.3) is 0 Å². The maximum absolute atomic E-state index is 10.4. The summed E-state index contributed by atoms with van der Waals surface area (Å²) in [6, 6.07) is 1.83. The van der Waals surface area contributed by atoms with Crippen LogP contribution in [0.3, 0.4) is 0 Å². The summed E-state index contributed by atoms with van der Waals surface area (Å²) in [5.41, 5.74) is -0.533. The zero-order valence-electron chi connectivity index (χ0n) is 4.80. The standard InChI is InChI=1S/C5H7ClNOP/c1-2-3-5(4-7)9(6)8/h2,5,9H,1,3H2. The van der Waals surface area contributed by atoms with E-state index < -0.39 is 12.8 Å². The smallest absolute Gasteiger partial charge is 0.174 e. The Bertz CT molecular complexity index is 163. The quantitative estimate of drug-likeness (QED) is 0.473. The lowest BCUT2D eigenvalue weighted by Gasteiger charge is -1.96. The number of halogens is 1. The number of hydrogen-bond acceptors (Lipinski definition) is 2. The van der Waals surface area contributed by atoms with Crippen molar-refractivity contribution in [1.82, 2.24) is 0 Å². The van der Waals surface area contributed by atoms with Crippen molar-refractivity contribution in [2.45, 2.75) is 12.1 Å². The molecule has 0 heterocycles. The van der Waals surface area contributed by atoms with Crippen LogP contribution in [0.25, 0.3) is 0 Å². The molecule has 0 aliphatic rings. The highest BCUT2D eigenvalue weighted by Gasteiger charge is 2.09. The van der Waals surface area contributed by atoms with Gasteiger partial charge in [-0.2, -0.15) is 5.26 Å². The first-order valence-electron chi connectivity index (χ1n) is 2.42. The van der Waals surface area contributed by atoms with E-state index in [1.54, 1.807) is 6.08 Å². The number of nitrogens with zero attached hydrogens (tertiary/aromatic N) is 1. The van der Waals surface area contributed by atoms with E-state index in [4.69, 9.17) is 16.5 Å². The first-order valence-corrected chi connectivity index (χ1v) is 4.92. The minimum Gasteiger partial charge on any atom is -0.309 e. The third-order valence-electron chi connectivity index (χ3n) is 0.832. The summed E-state index contributed by atoms with van der Waals surface area (Å²) in [4.78, 5) is 0. The highest BCUT2D eigenvalue weighted by molar-refractivity contribution is 7.74. The molecule has 0 aliphatic heterocycles. The van der Waals surface area contributed by atoms with Crippen LogP contribution in [0, 0.1) is 11.3 Å². The summed E-state index contributed by atoms with van der Waals surface area (Å²) < 4.78 is 10.4. The van der Waals surface area contributed by atoms with Gasteiger partial charge in [0.05, 0.1) is 6.07 Å². The van der Waals surface area contributed by atoms with Gasteiger partial charge in [-0.05, 0) is 6.42 Å². The van der Waals surface area contributed by atoms with Crippen LogP contribution in [0.1, 0.15) is 6.42 Å². The van der Waals surface area contributed by atoms with Crippen molar-refractivity contribution in [3.05, 3.63) is 12.7 Å². The molecular formula is C5H7ClNOP. The Kier molecular flexibility index (Phi) is 4.48. The molecule has 0 aromatic carbocycles. The molecule has 0 aromatic heterocycles. The van der Waals surface area contributed by atoms with Crippen LogP contribution in [0.4, 0.5) is 0 Å². The molecule has 0 spiro atoms. The van der Waals surface area contributed by atoms with Crippen LogP contribution in [-0.4, -0.2) is 5.66 Å². The van der Waals surface area contributed by atoms with Gasteiger partial charge in [0.15, 0.2) is 7.15 Å². The van der Waals surface area contributed by atoms with Crippen molar-refractivity contribution in [3.63, 3.8) is 0 Å². The summed E-state index contributed by atoms with van der Waals surface area (Å²) in [7, 11) is -2.20. The topological polar surface area (TPSA) is 40.9 Å². The summed E-state index contributed by atoms with van der Waals surface area (Å²) in [6.07, 6.45) is 1.95. The zero-order valence-corrected chi connectivity index (χ0v) is 6.56. The number of hydrogen-bond donors (Lipinski definition) is 0. The van der Waals surface area contributed by atoms with E-state index in [9.17, 15) is 4.57 Å². The van der Waals surface area contributed by atoms with Crippen LogP contribution < -0.4 is 0 Å². The predicted molar refractivity (Wildman–Crippen MR) is 39.1 cm³/mol. The highest BCUT2D eigenvalue weighted by atomic mass is 35.7. The van der Waals surface area contributed by atoms with Crippen molar-refractivity contribution in [2.75, 3.05) is 0 Å². The lowest BCUT2D eigenvalue weighted by Crippen LogP contribution is -1.91. The second kappa shape index (κ2) is 4.61. The lowest BCUT2D eigenvalue weighted by atomic mass is 10.3. The van der Waals surface area contributed by atoms with Crippen molar-refractivity contribution in [3.8, 4) is 6.07 Å². The molecule has 0 aliphatic carbocycles. The average molecular weight is 164 g/mol. The second-order valence-corrected chi connectivity index (χ2v) is 3.93. The minimum absolute atomic E-state index is 0.414. The van der Waals surface area contributed by atoms with Gasteiger partial charge >= 0.3 is 0 Å². The van der Waals surface area contributed by atoms with Gasteiger partial charge in [-0.15, -0.1) is 6.58 Å². The lowest BCUT2D eigenvalue weighted by molar-refractivity contribution is 0.592. The van der Waals surface area contributed by atoms with Crippen LogP contribution in [0.15, 0.2) is 12.7 Å². The molecule has 0 bridgehead atoms. The molecule has 4 heteroatoms. The Hall–Kier alpha value is -0.250. The molecule has 2 unspecified atom stereocenters. The van der Waals surface area contributed by atoms with Gasteiger partial charge in [-0.1, -0.05) is 17.3 Å². The summed E-state index contributed by atoms with van der Waals surface area (Å²) >= 11 is 5.20. The van der Waals surface area contributed by atoms with E-state index in [1.807, 2.05) is 6.07 Å². The molecule has 50 valence electrons. The van der Waals surface area contributed by atoms with Gasteiger partial charge in [0, 0.05) is 0 Å². The predicted octanol–water partition coefficient (Wildman–Crippen LogP) is 2.17. The summed E-state index contributed by atoms with van der Waals surface area (Å²) in [5, 5.41) is 8.27. The molecule has 9 heavy (non-hydrogen) atoms. The molecule has 0 N–H and O–H groups in total. The Morgan fingerprint density at radius 3 is 2.67 bits per heavy atom. The summed E-state index contributed by atoms with van der Waals surface area (Å²) in [5.74, 6) is 0. The SMILES string of the molecule is C=CCC(C#N)[PH](=O)Cl. The molecule has 0 aromatic rings. The average Bonchev–Trinajstić information content (AvgIpc) is 1.82. The molecule has 0 saturated heterocycles. The van der Waals surface area contributed by atoms with Gasteiger partial charge in [-0.3, -0.25) is 0 Å². The Morgan fingerprint density at radius 2 is 2.56 bits per heavy atom. The van der Waals surface area contributed by atoms with E-state index in [0.29, 0.717) is 6.42 Å². The number of nitriles is 1. The van der Waals surface area contributed by atoms with Crippen LogP contribution in [0.5, 0.6) is 0 Å². The van der Waals surface area contributed by atoms with Gasteiger partial charge in [0.2, 0.25) is 0 Å². The molecule has 2 atom stereocenters. The fourth-order valence-corrected chi connectivity index (χ4v) is 1.23. The highest BCUT2D eigenvalue weighted by Crippen LogP contribution is 2.34. The molecule has 2 nitrogen and oxygen atoms in total. The number of rotatable bonds is 3. The first-order chi connectivity index (χ1) is 4.22. The Morgan fingerprint density at radius 1 is 2.00 bits per heavy atom. The molecule has 0 amide bonds. The third kappa shape index (κ3) is 3.35. The van der Waals surface area contributed by atoms with Crippen LogP contribution >= 0.6 is 18.4 Å². The van der Waals surface area contributed by atoms with E-state index in [-0.39, 0.29) is 0 Å². The van der Waals surface area contributed by atoms with Gasteiger partial charge in [-0.25, -0.2) is 0 Å². The largest absolute Gasteiger partial charge is 0.309 e. The number of allylic oxidation sites excluding steroid dienone is 1. The molecule has 0 rings (SSSR count). The maximum atomic E-state index is 10.4. The van der Waals surface area contributed by atoms with E-state index in [2.05, 4.69) is 6.58 Å². The fourth-order valence-electron chi connectivity index (χ4n) is 0.363. The van der Waals surface area contributed by atoms with Crippen molar-refractivity contribution < 1.29 is 4.57 Å². The molecule has 0 radical (unpaired) electrons. The zero-order chi connectivity index (χ0) is 7.28. The van der Waals surface area contributed by atoms with Crippen molar-refractivity contribution in [1.29, 1.82) is 5.26 Å². The molecule has 0 fully saturated rings. The van der Waals surface area contributed by atoms with E-state index in [0.717, 1.165) is 0 Å². The first kappa shape index (κ1) is 8.75. The van der Waals surface area contributed by atoms with Gasteiger partial charge < -0.3 is 4.57 Å². The Balaban J connectivity index is 3.86. The maximum Gasteiger partial charge on any atom is 0.174 e. The van der Waals surface area contributed by atoms with Crippen molar-refractivity contribution in [2.24, 2.45) is 0 Å². The van der Waals surface area contributed by atoms with Crippen LogP contribution in [0.2, 0.25) is 0 Å². The monoisotopic (exact) mass is 163 g/mol. The van der Waals surface area contributed by atoms with E-state index in [1.165, 1.54) is 0 Å². The van der Waals surface area contributed by atoms with Crippen molar-refractivity contribution >= 4 is 18.4 Å². The normalized spacial score (nSPS) is 15.6. The molecule has 0 saturated carbocycles. The third-order valence-corrected chi connectivity index (χ3v) is 2.54. The second-order valence-electron chi connectivity index (χ2n) is 1.51. The Labute approximate surface area is 59.7 Å².